The smallest absolute Gasteiger partial charge is 0.354 e. The molecule has 1 fully saturated rings. The molecule has 0 amide bonds. The van der Waals surface area contributed by atoms with E-state index in [1.165, 1.54) is 12.1 Å². The van der Waals surface area contributed by atoms with Gasteiger partial charge in [0, 0.05) is 37.3 Å². The van der Waals surface area contributed by atoms with Crippen LogP contribution in [0, 0.1) is 5.92 Å². The summed E-state index contributed by atoms with van der Waals surface area (Å²) in [5, 5.41) is 0. The fourth-order valence-electron chi connectivity index (χ4n) is 4.47. The van der Waals surface area contributed by atoms with Gasteiger partial charge in [0.2, 0.25) is 0 Å². The van der Waals surface area contributed by atoms with Gasteiger partial charge in [0.05, 0.1) is 11.0 Å². The molecule has 5 rings (SSSR count). The molecule has 8 heteroatoms. The fraction of sp³-hybridized carbons (Fsp3) is 0.350. The number of piperidine rings is 1. The van der Waals surface area contributed by atoms with Crippen molar-refractivity contribution in [1.29, 1.82) is 0 Å². The van der Waals surface area contributed by atoms with Crippen molar-refractivity contribution >= 4 is 16.9 Å². The quantitative estimate of drug-likeness (QED) is 0.643. The highest BCUT2D eigenvalue weighted by atomic mass is 19.4. The Hall–Kier alpha value is -2.90. The Bertz CT molecular complexity index is 1120. The summed E-state index contributed by atoms with van der Waals surface area (Å²) in [4.78, 5) is 22.1. The number of para-hydroxylation sites is 2. The number of pyridine rings is 1. The Morgan fingerprint density at radius 2 is 1.68 bits per heavy atom. The molecule has 2 bridgehead atoms. The Labute approximate surface area is 158 Å². The molecule has 144 valence electrons. The molecular formula is C20H17F3N4O. The van der Waals surface area contributed by atoms with E-state index in [0.717, 1.165) is 12.1 Å². The third kappa shape index (κ3) is 2.75. The first-order chi connectivity index (χ1) is 13.4. The van der Waals surface area contributed by atoms with Crippen LogP contribution in [0.2, 0.25) is 0 Å². The lowest BCUT2D eigenvalue weighted by molar-refractivity contribution is -0.140. The van der Waals surface area contributed by atoms with Crippen molar-refractivity contribution in [3.63, 3.8) is 0 Å². The van der Waals surface area contributed by atoms with E-state index in [4.69, 9.17) is 0 Å². The van der Waals surface area contributed by atoms with Crippen LogP contribution in [0.4, 0.5) is 19.0 Å². The van der Waals surface area contributed by atoms with Gasteiger partial charge in [0.1, 0.15) is 0 Å². The zero-order chi connectivity index (χ0) is 19.5. The molecule has 0 aliphatic carbocycles. The Morgan fingerprint density at radius 1 is 0.929 bits per heavy atom. The number of anilines is 1. The average Bonchev–Trinajstić information content (AvgIpc) is 2.67. The number of fused-ring (bicyclic) bond motifs is 5. The standard InChI is InChI=1S/C20H17F3N4O/c21-20(22,23)18-19(25-15-5-2-1-4-14(15)24-18)26-9-12-8-13(11-26)16-6-3-7-17(28)27(16)10-12/h1-7,12-13H,8-11H2. The van der Waals surface area contributed by atoms with Crippen LogP contribution in [0.3, 0.4) is 0 Å². The van der Waals surface area contributed by atoms with Gasteiger partial charge < -0.3 is 9.47 Å². The topological polar surface area (TPSA) is 51.0 Å². The van der Waals surface area contributed by atoms with Crippen LogP contribution < -0.4 is 10.5 Å². The summed E-state index contributed by atoms with van der Waals surface area (Å²) in [6.45, 7) is 1.33. The van der Waals surface area contributed by atoms with Crippen LogP contribution in [-0.4, -0.2) is 27.6 Å². The van der Waals surface area contributed by atoms with E-state index in [0.29, 0.717) is 25.2 Å². The minimum atomic E-state index is -4.59. The summed E-state index contributed by atoms with van der Waals surface area (Å²) in [6.07, 6.45) is -3.73. The number of nitrogens with zero attached hydrogens (tertiary/aromatic N) is 4. The van der Waals surface area contributed by atoms with Gasteiger partial charge in [0.25, 0.3) is 5.56 Å². The molecule has 2 aliphatic rings. The zero-order valence-electron chi connectivity index (χ0n) is 14.9. The maximum atomic E-state index is 13.7. The summed E-state index contributed by atoms with van der Waals surface area (Å²) in [7, 11) is 0. The average molecular weight is 386 g/mol. The molecule has 1 aromatic carbocycles. The second-order valence-corrected chi connectivity index (χ2v) is 7.49. The predicted octanol–water partition coefficient (Wildman–Crippen LogP) is 3.43. The summed E-state index contributed by atoms with van der Waals surface area (Å²) in [5.74, 6) is -0.0240. The van der Waals surface area contributed by atoms with Crippen molar-refractivity contribution in [2.24, 2.45) is 5.92 Å². The third-order valence-electron chi connectivity index (χ3n) is 5.60. The van der Waals surface area contributed by atoms with E-state index >= 15 is 0 Å². The number of rotatable bonds is 1. The lowest BCUT2D eigenvalue weighted by Gasteiger charge is -2.43. The molecule has 3 aromatic rings. The molecule has 28 heavy (non-hydrogen) atoms. The zero-order valence-corrected chi connectivity index (χ0v) is 14.9. The van der Waals surface area contributed by atoms with Crippen LogP contribution in [0.15, 0.2) is 47.3 Å². The van der Waals surface area contributed by atoms with E-state index in [2.05, 4.69) is 9.97 Å². The van der Waals surface area contributed by atoms with E-state index in [1.807, 2.05) is 6.07 Å². The van der Waals surface area contributed by atoms with E-state index in [9.17, 15) is 18.0 Å². The second kappa shape index (κ2) is 6.05. The highest BCUT2D eigenvalue weighted by Gasteiger charge is 2.42. The fourth-order valence-corrected chi connectivity index (χ4v) is 4.47. The molecule has 4 heterocycles. The van der Waals surface area contributed by atoms with Crippen LogP contribution in [-0.2, 0) is 12.7 Å². The predicted molar refractivity (Wildman–Crippen MR) is 98.3 cm³/mol. The van der Waals surface area contributed by atoms with Gasteiger partial charge in [-0.25, -0.2) is 9.97 Å². The molecule has 0 saturated carbocycles. The normalized spacial score (nSPS) is 21.6. The monoisotopic (exact) mass is 386 g/mol. The van der Waals surface area contributed by atoms with Crippen molar-refractivity contribution < 1.29 is 13.2 Å². The minimum Gasteiger partial charge on any atom is -0.354 e. The molecule has 2 unspecified atom stereocenters. The second-order valence-electron chi connectivity index (χ2n) is 7.49. The van der Waals surface area contributed by atoms with Gasteiger partial charge in [-0.15, -0.1) is 0 Å². The van der Waals surface area contributed by atoms with E-state index in [1.54, 1.807) is 33.7 Å². The number of hydrogen-bond acceptors (Lipinski definition) is 4. The molecule has 0 radical (unpaired) electrons. The maximum Gasteiger partial charge on any atom is 0.437 e. The number of halogens is 3. The van der Waals surface area contributed by atoms with Gasteiger partial charge in [-0.1, -0.05) is 18.2 Å². The number of aromatic nitrogens is 3. The molecular weight excluding hydrogens is 369 g/mol. The first kappa shape index (κ1) is 17.2. The van der Waals surface area contributed by atoms with Crippen LogP contribution in [0.5, 0.6) is 0 Å². The molecule has 0 N–H and O–H groups in total. The Balaban J connectivity index is 1.61. The summed E-state index contributed by atoms with van der Waals surface area (Å²) in [6, 6.07) is 11.7. The van der Waals surface area contributed by atoms with Crippen LogP contribution in [0.25, 0.3) is 11.0 Å². The van der Waals surface area contributed by atoms with Gasteiger partial charge in [0.15, 0.2) is 11.5 Å². The van der Waals surface area contributed by atoms with Gasteiger partial charge >= 0.3 is 6.18 Å². The Kier molecular flexibility index (Phi) is 3.72. The summed E-state index contributed by atoms with van der Waals surface area (Å²) >= 11 is 0. The van der Waals surface area contributed by atoms with Gasteiger partial charge in [-0.05, 0) is 30.5 Å². The first-order valence-corrected chi connectivity index (χ1v) is 9.19. The lowest BCUT2D eigenvalue weighted by atomic mass is 9.83. The lowest BCUT2D eigenvalue weighted by Crippen LogP contribution is -2.48. The van der Waals surface area contributed by atoms with Crippen LogP contribution in [0.1, 0.15) is 23.7 Å². The number of benzene rings is 1. The first-order valence-electron chi connectivity index (χ1n) is 9.19. The molecule has 2 aliphatic heterocycles. The molecule has 2 aromatic heterocycles. The van der Waals surface area contributed by atoms with Crippen molar-refractivity contribution in [3.05, 3.63) is 64.2 Å². The van der Waals surface area contributed by atoms with Gasteiger partial charge in [-0.3, -0.25) is 4.79 Å². The number of alkyl halides is 3. The highest BCUT2D eigenvalue weighted by molar-refractivity contribution is 5.76. The molecule has 2 atom stereocenters. The SMILES string of the molecule is O=c1cccc2n1CC1CC2CN(c2nc3ccccc3nc2C(F)(F)F)C1. The van der Waals surface area contributed by atoms with Crippen LogP contribution >= 0.6 is 0 Å². The van der Waals surface area contributed by atoms with Gasteiger partial charge in [-0.2, -0.15) is 13.2 Å². The summed E-state index contributed by atoms with van der Waals surface area (Å²) in [5.41, 5.74) is 0.556. The molecule has 0 spiro atoms. The maximum absolute atomic E-state index is 13.7. The van der Waals surface area contributed by atoms with Crippen molar-refractivity contribution in [1.82, 2.24) is 14.5 Å². The van der Waals surface area contributed by atoms with Crippen molar-refractivity contribution in [3.8, 4) is 0 Å². The number of hydrogen-bond donors (Lipinski definition) is 0. The highest BCUT2D eigenvalue weighted by Crippen LogP contribution is 2.40. The molecule has 1 saturated heterocycles. The van der Waals surface area contributed by atoms with E-state index < -0.39 is 11.9 Å². The third-order valence-corrected chi connectivity index (χ3v) is 5.60. The molecule has 5 nitrogen and oxygen atoms in total. The van der Waals surface area contributed by atoms with Crippen molar-refractivity contribution in [2.45, 2.75) is 25.1 Å². The van der Waals surface area contributed by atoms with E-state index in [-0.39, 0.29) is 28.7 Å². The summed E-state index contributed by atoms with van der Waals surface area (Å²) < 4.78 is 43.0. The Morgan fingerprint density at radius 3 is 2.43 bits per heavy atom. The largest absolute Gasteiger partial charge is 0.437 e. The van der Waals surface area contributed by atoms with Crippen molar-refractivity contribution in [2.75, 3.05) is 18.0 Å². The minimum absolute atomic E-state index is 0.00393.